The van der Waals surface area contributed by atoms with Crippen molar-refractivity contribution in [2.75, 3.05) is 5.75 Å². The molecule has 0 radical (unpaired) electrons. The zero-order valence-electron chi connectivity index (χ0n) is 12.0. The lowest BCUT2D eigenvalue weighted by Gasteiger charge is -2.13. The lowest BCUT2D eigenvalue weighted by atomic mass is 10.1. The van der Waals surface area contributed by atoms with Crippen molar-refractivity contribution in [3.8, 4) is 0 Å². The molecule has 1 aliphatic heterocycles. The van der Waals surface area contributed by atoms with Crippen LogP contribution in [0.1, 0.15) is 12.8 Å². The zero-order valence-corrected chi connectivity index (χ0v) is 15.2. The molecule has 1 N–H and O–H groups in total. The van der Waals surface area contributed by atoms with Gasteiger partial charge in [0.1, 0.15) is 0 Å². The van der Waals surface area contributed by atoms with E-state index in [1.807, 2.05) is 0 Å². The number of rotatable bonds is 4. The molecule has 0 saturated carbocycles. The molecular weight excluding hydrogens is 404 g/mol. The first kappa shape index (κ1) is 17.0. The number of aliphatic hydroxyl groups is 1. The second-order valence-electron chi connectivity index (χ2n) is 5.47. The van der Waals surface area contributed by atoms with Crippen LogP contribution in [0.3, 0.4) is 0 Å². The maximum absolute atomic E-state index is 12.5. The fourth-order valence-electron chi connectivity index (χ4n) is 2.58. The highest BCUT2D eigenvalue weighted by Crippen LogP contribution is 2.29. The Morgan fingerprint density at radius 2 is 2.30 bits per heavy atom. The van der Waals surface area contributed by atoms with Crippen molar-refractivity contribution >= 4 is 56.0 Å². The summed E-state index contributed by atoms with van der Waals surface area (Å²) in [6.07, 6.45) is 1.91. The van der Waals surface area contributed by atoms with Gasteiger partial charge in [-0.25, -0.2) is 4.98 Å². The van der Waals surface area contributed by atoms with E-state index < -0.39 is 6.10 Å². The van der Waals surface area contributed by atoms with Crippen LogP contribution in [0.4, 0.5) is 0 Å². The minimum atomic E-state index is -0.438. The summed E-state index contributed by atoms with van der Waals surface area (Å²) in [5, 5.41) is 10.5. The zero-order chi connectivity index (χ0) is 16.6. The van der Waals surface area contributed by atoms with E-state index in [9.17, 15) is 14.7 Å². The van der Waals surface area contributed by atoms with Crippen molar-refractivity contribution in [3.05, 3.63) is 38.3 Å². The molecule has 2 aromatic rings. The Balaban J connectivity index is 1.83. The molecule has 1 aliphatic rings. The molecular formula is C15H14BrClN2O3S. The molecule has 1 aromatic carbocycles. The van der Waals surface area contributed by atoms with Crippen molar-refractivity contribution in [3.63, 3.8) is 0 Å². The molecule has 0 spiro atoms. The lowest BCUT2D eigenvalue weighted by molar-refractivity contribution is -0.120. The fourth-order valence-corrected chi connectivity index (χ4v) is 4.41. The number of carbonyl (C=O) groups excluding carboxylic acids is 1. The number of carbonyl (C=O) groups is 1. The quantitative estimate of drug-likeness (QED) is 0.828. The second-order valence-corrected chi connectivity index (χ2v) is 8.08. The van der Waals surface area contributed by atoms with E-state index in [0.29, 0.717) is 26.8 Å². The average Bonchev–Trinajstić information content (AvgIpc) is 2.89. The average molecular weight is 418 g/mol. The minimum absolute atomic E-state index is 0.0424. The van der Waals surface area contributed by atoms with Gasteiger partial charge in [-0.1, -0.05) is 11.6 Å². The maximum atomic E-state index is 12.5. The maximum Gasteiger partial charge on any atom is 0.261 e. The number of hydrogen-bond acceptors (Lipinski definition) is 5. The third-order valence-corrected chi connectivity index (χ3v) is 6.39. The van der Waals surface area contributed by atoms with Gasteiger partial charge in [0.15, 0.2) is 5.78 Å². The van der Waals surface area contributed by atoms with Crippen LogP contribution >= 0.6 is 39.3 Å². The van der Waals surface area contributed by atoms with Crippen LogP contribution in [0.15, 0.2) is 27.7 Å². The summed E-state index contributed by atoms with van der Waals surface area (Å²) in [5.74, 6) is 0.777. The van der Waals surface area contributed by atoms with Crippen molar-refractivity contribution in [1.82, 2.24) is 9.55 Å². The minimum Gasteiger partial charge on any atom is -0.392 e. The molecule has 2 atom stereocenters. The van der Waals surface area contributed by atoms with Gasteiger partial charge in [-0.15, -0.1) is 0 Å². The summed E-state index contributed by atoms with van der Waals surface area (Å²) >= 11 is 10.9. The van der Waals surface area contributed by atoms with E-state index in [-0.39, 0.29) is 29.6 Å². The number of nitrogens with zero attached hydrogens (tertiary/aromatic N) is 2. The van der Waals surface area contributed by atoms with Crippen molar-refractivity contribution in [1.29, 1.82) is 0 Å². The number of halogens is 2. The Morgan fingerprint density at radius 1 is 1.52 bits per heavy atom. The van der Waals surface area contributed by atoms with Gasteiger partial charge in [0.2, 0.25) is 0 Å². The smallest absolute Gasteiger partial charge is 0.261 e. The van der Waals surface area contributed by atoms with E-state index in [0.717, 1.165) is 5.75 Å². The molecule has 0 aliphatic carbocycles. The van der Waals surface area contributed by atoms with Gasteiger partial charge < -0.3 is 5.11 Å². The number of Topliss-reactive ketones (excluding diaryl/α,β-unsaturated/α-hetero) is 1. The molecule has 3 rings (SSSR count). The molecule has 23 heavy (non-hydrogen) atoms. The Morgan fingerprint density at radius 3 is 3.00 bits per heavy atom. The molecule has 1 saturated heterocycles. The third-order valence-electron chi connectivity index (χ3n) is 3.82. The molecule has 0 bridgehead atoms. The van der Waals surface area contributed by atoms with Gasteiger partial charge in [-0.05, 0) is 40.2 Å². The second kappa shape index (κ2) is 6.93. The lowest BCUT2D eigenvalue weighted by Crippen LogP contribution is -2.28. The molecule has 1 fully saturated rings. The Kier molecular flexibility index (Phi) is 5.10. The van der Waals surface area contributed by atoms with Crippen LogP contribution < -0.4 is 5.56 Å². The number of benzene rings is 1. The molecule has 122 valence electrons. The summed E-state index contributed by atoms with van der Waals surface area (Å²) < 4.78 is 1.96. The molecule has 5 nitrogen and oxygen atoms in total. The topological polar surface area (TPSA) is 72.2 Å². The number of aromatic nitrogens is 2. The molecule has 1 aromatic heterocycles. The monoisotopic (exact) mass is 416 g/mol. The normalized spacial score (nSPS) is 21.0. The van der Waals surface area contributed by atoms with E-state index in [2.05, 4.69) is 20.9 Å². The van der Waals surface area contributed by atoms with Crippen molar-refractivity contribution in [2.24, 2.45) is 0 Å². The fraction of sp³-hybridized carbons (Fsp3) is 0.400. The summed E-state index contributed by atoms with van der Waals surface area (Å²) in [4.78, 5) is 28.9. The predicted molar refractivity (Wildman–Crippen MR) is 95.2 cm³/mol. The molecule has 0 unspecified atom stereocenters. The Labute approximate surface area is 150 Å². The summed E-state index contributed by atoms with van der Waals surface area (Å²) in [6, 6.07) is 3.23. The van der Waals surface area contributed by atoms with Crippen LogP contribution in [0.2, 0.25) is 5.02 Å². The Hall–Kier alpha value is -0.890. The third kappa shape index (κ3) is 3.63. The number of thioether (sulfide) groups is 1. The van der Waals surface area contributed by atoms with Gasteiger partial charge in [-0.2, -0.15) is 11.8 Å². The first-order chi connectivity index (χ1) is 11.0. The van der Waals surface area contributed by atoms with Gasteiger partial charge in [-0.3, -0.25) is 14.2 Å². The summed E-state index contributed by atoms with van der Waals surface area (Å²) in [5.41, 5.74) is 0.231. The van der Waals surface area contributed by atoms with Gasteiger partial charge in [0.25, 0.3) is 5.56 Å². The van der Waals surface area contributed by atoms with Gasteiger partial charge >= 0.3 is 0 Å². The summed E-state index contributed by atoms with van der Waals surface area (Å²) in [6.45, 7) is -0.0424. The largest absolute Gasteiger partial charge is 0.392 e. The highest BCUT2D eigenvalue weighted by atomic mass is 79.9. The first-order valence-electron chi connectivity index (χ1n) is 7.11. The van der Waals surface area contributed by atoms with Crippen LogP contribution in [0.25, 0.3) is 10.9 Å². The van der Waals surface area contributed by atoms with Crippen LogP contribution in [-0.2, 0) is 11.3 Å². The molecule has 8 heteroatoms. The highest BCUT2D eigenvalue weighted by Gasteiger charge is 2.28. The first-order valence-corrected chi connectivity index (χ1v) is 9.33. The number of fused-ring (bicyclic) bond motifs is 1. The van der Waals surface area contributed by atoms with E-state index >= 15 is 0 Å². The van der Waals surface area contributed by atoms with Crippen LogP contribution in [-0.4, -0.2) is 37.5 Å². The predicted octanol–water partition coefficient (Wildman–Crippen LogP) is 2.64. The number of ketones is 1. The van der Waals surface area contributed by atoms with Crippen molar-refractivity contribution in [2.45, 2.75) is 30.7 Å². The highest BCUT2D eigenvalue weighted by molar-refractivity contribution is 9.10. The SMILES string of the molecule is O=C(C[C@H]1SCC[C@@H]1O)Cn1cnc2cc(Br)c(Cl)cc2c1=O. The van der Waals surface area contributed by atoms with Crippen molar-refractivity contribution < 1.29 is 9.90 Å². The Bertz CT molecular complexity index is 826. The van der Waals surface area contributed by atoms with E-state index in [1.54, 1.807) is 23.9 Å². The molecule has 2 heterocycles. The van der Waals surface area contributed by atoms with Crippen LogP contribution in [0, 0.1) is 0 Å². The standard InChI is InChI=1S/C15H14BrClN2O3S/c16-10-5-12-9(4-11(10)17)15(22)19(7-18-12)6-8(20)3-14-13(21)1-2-23-14/h4-5,7,13-14,21H,1-3,6H2/t13-,14+/m0/s1. The van der Waals surface area contributed by atoms with Gasteiger partial charge in [0, 0.05) is 16.1 Å². The number of hydrogen-bond donors (Lipinski definition) is 1. The van der Waals surface area contributed by atoms with E-state index in [4.69, 9.17) is 11.6 Å². The molecule has 0 amide bonds. The van der Waals surface area contributed by atoms with Crippen LogP contribution in [0.5, 0.6) is 0 Å². The number of aliphatic hydroxyl groups excluding tert-OH is 1. The van der Waals surface area contributed by atoms with E-state index in [1.165, 1.54) is 10.9 Å². The summed E-state index contributed by atoms with van der Waals surface area (Å²) in [7, 11) is 0. The van der Waals surface area contributed by atoms with Gasteiger partial charge in [0.05, 0.1) is 34.9 Å².